The predicted octanol–water partition coefficient (Wildman–Crippen LogP) is 1.67. The van der Waals surface area contributed by atoms with Crippen LogP contribution in [0.3, 0.4) is 0 Å². The molecule has 0 aliphatic rings. The third-order valence-electron chi connectivity index (χ3n) is 1.64. The molecule has 0 unspecified atom stereocenters. The first-order chi connectivity index (χ1) is 5.49. The molecular formula is C10H15NO. The molecule has 0 amide bonds. The van der Waals surface area contributed by atoms with Crippen LogP contribution in [-0.4, -0.2) is 10.6 Å². The third-order valence-corrected chi connectivity index (χ3v) is 1.64. The van der Waals surface area contributed by atoms with Crippen LogP contribution in [0.1, 0.15) is 19.4 Å². The molecule has 0 fully saturated rings. The van der Waals surface area contributed by atoms with Gasteiger partial charge in [-0.25, -0.2) is 0 Å². The summed E-state index contributed by atoms with van der Waals surface area (Å²) in [7, 11) is 0. The third kappa shape index (κ3) is 2.55. The van der Waals surface area contributed by atoms with Gasteiger partial charge in [0.2, 0.25) is 0 Å². The largest absolute Gasteiger partial charge is 0.508 e. The van der Waals surface area contributed by atoms with Crippen molar-refractivity contribution in [3.05, 3.63) is 29.8 Å². The molecule has 0 spiro atoms. The maximum atomic E-state index is 9.42. The van der Waals surface area contributed by atoms with E-state index in [1.165, 1.54) is 0 Å². The van der Waals surface area contributed by atoms with Gasteiger partial charge in [0.05, 0.1) is 0 Å². The Labute approximate surface area is 73.0 Å². The Balaban J connectivity index is 2.83. The predicted molar refractivity (Wildman–Crippen MR) is 50.1 cm³/mol. The fourth-order valence-corrected chi connectivity index (χ4v) is 1.15. The number of benzene rings is 1. The monoisotopic (exact) mass is 165 g/mol. The van der Waals surface area contributed by atoms with Gasteiger partial charge >= 0.3 is 0 Å². The highest BCUT2D eigenvalue weighted by atomic mass is 16.3. The summed E-state index contributed by atoms with van der Waals surface area (Å²) < 4.78 is 0. The number of hydrogen-bond acceptors (Lipinski definition) is 2. The zero-order valence-corrected chi connectivity index (χ0v) is 7.54. The SMILES string of the molecule is CC(C)(N)Cc1ccccc1O. The van der Waals surface area contributed by atoms with E-state index in [9.17, 15) is 5.11 Å². The smallest absolute Gasteiger partial charge is 0.118 e. The first kappa shape index (κ1) is 9.07. The first-order valence-electron chi connectivity index (χ1n) is 4.05. The van der Waals surface area contributed by atoms with Crippen molar-refractivity contribution in [2.75, 3.05) is 0 Å². The molecule has 0 aliphatic carbocycles. The van der Waals surface area contributed by atoms with E-state index >= 15 is 0 Å². The highest BCUT2D eigenvalue weighted by molar-refractivity contribution is 5.32. The molecule has 2 heteroatoms. The average molecular weight is 165 g/mol. The van der Waals surface area contributed by atoms with Crippen LogP contribution in [-0.2, 0) is 6.42 Å². The number of phenolic OH excluding ortho intramolecular Hbond substituents is 1. The number of nitrogens with two attached hydrogens (primary N) is 1. The summed E-state index contributed by atoms with van der Waals surface area (Å²) in [5, 5.41) is 9.42. The van der Waals surface area contributed by atoms with E-state index in [0.29, 0.717) is 12.2 Å². The van der Waals surface area contributed by atoms with Gasteiger partial charge in [-0.1, -0.05) is 18.2 Å². The van der Waals surface area contributed by atoms with Gasteiger partial charge in [0.15, 0.2) is 0 Å². The van der Waals surface area contributed by atoms with Crippen LogP contribution in [0.25, 0.3) is 0 Å². The zero-order valence-electron chi connectivity index (χ0n) is 7.54. The van der Waals surface area contributed by atoms with Gasteiger partial charge in [-0.3, -0.25) is 0 Å². The minimum atomic E-state index is -0.265. The van der Waals surface area contributed by atoms with E-state index in [1.54, 1.807) is 6.07 Å². The molecule has 0 atom stereocenters. The number of hydrogen-bond donors (Lipinski definition) is 2. The molecule has 2 nitrogen and oxygen atoms in total. The van der Waals surface area contributed by atoms with Crippen molar-refractivity contribution in [3.63, 3.8) is 0 Å². The van der Waals surface area contributed by atoms with Crippen LogP contribution in [0.15, 0.2) is 24.3 Å². The fourth-order valence-electron chi connectivity index (χ4n) is 1.15. The van der Waals surface area contributed by atoms with Crippen LogP contribution in [0.5, 0.6) is 5.75 Å². The molecule has 0 radical (unpaired) electrons. The number of aromatic hydroxyl groups is 1. The van der Waals surface area contributed by atoms with E-state index in [2.05, 4.69) is 0 Å². The summed E-state index contributed by atoms with van der Waals surface area (Å²) in [5.41, 5.74) is 6.47. The van der Waals surface area contributed by atoms with E-state index in [4.69, 9.17) is 5.73 Å². The second kappa shape index (κ2) is 3.15. The molecule has 0 heterocycles. The summed E-state index contributed by atoms with van der Waals surface area (Å²) >= 11 is 0. The lowest BCUT2D eigenvalue weighted by Crippen LogP contribution is -2.34. The van der Waals surface area contributed by atoms with Gasteiger partial charge in [-0.05, 0) is 31.9 Å². The van der Waals surface area contributed by atoms with Crippen LogP contribution in [0.4, 0.5) is 0 Å². The minimum Gasteiger partial charge on any atom is -0.508 e. The van der Waals surface area contributed by atoms with Crippen molar-refractivity contribution < 1.29 is 5.11 Å². The Bertz CT molecular complexity index is 263. The fraction of sp³-hybridized carbons (Fsp3) is 0.400. The van der Waals surface area contributed by atoms with Crippen molar-refractivity contribution in [1.29, 1.82) is 0 Å². The van der Waals surface area contributed by atoms with Crippen LogP contribution in [0.2, 0.25) is 0 Å². The van der Waals surface area contributed by atoms with Gasteiger partial charge in [-0.15, -0.1) is 0 Å². The molecule has 1 aromatic carbocycles. The lowest BCUT2D eigenvalue weighted by Gasteiger charge is -2.18. The van der Waals surface area contributed by atoms with E-state index in [-0.39, 0.29) is 5.54 Å². The second-order valence-electron chi connectivity index (χ2n) is 3.79. The highest BCUT2D eigenvalue weighted by Crippen LogP contribution is 2.19. The van der Waals surface area contributed by atoms with E-state index < -0.39 is 0 Å². The van der Waals surface area contributed by atoms with Crippen molar-refractivity contribution in [2.45, 2.75) is 25.8 Å². The molecule has 3 N–H and O–H groups in total. The molecular weight excluding hydrogens is 150 g/mol. The summed E-state index contributed by atoms with van der Waals surface area (Å²) in [6, 6.07) is 7.29. The van der Waals surface area contributed by atoms with Gasteiger partial charge in [-0.2, -0.15) is 0 Å². The Morgan fingerprint density at radius 1 is 1.33 bits per heavy atom. The molecule has 0 aromatic heterocycles. The van der Waals surface area contributed by atoms with Crippen LogP contribution < -0.4 is 5.73 Å². The van der Waals surface area contributed by atoms with Gasteiger partial charge < -0.3 is 10.8 Å². The summed E-state index contributed by atoms with van der Waals surface area (Å²) in [6.45, 7) is 3.89. The molecule has 0 saturated heterocycles. The number of phenols is 1. The summed E-state index contributed by atoms with van der Waals surface area (Å²) in [6.07, 6.45) is 0.694. The molecule has 0 aliphatic heterocycles. The van der Waals surface area contributed by atoms with Crippen molar-refractivity contribution in [2.24, 2.45) is 5.73 Å². The first-order valence-corrected chi connectivity index (χ1v) is 4.05. The van der Waals surface area contributed by atoms with Crippen molar-refractivity contribution in [3.8, 4) is 5.75 Å². The summed E-state index contributed by atoms with van der Waals surface area (Å²) in [4.78, 5) is 0. The maximum Gasteiger partial charge on any atom is 0.118 e. The van der Waals surface area contributed by atoms with Crippen molar-refractivity contribution >= 4 is 0 Å². The van der Waals surface area contributed by atoms with Crippen LogP contribution in [0, 0.1) is 0 Å². The van der Waals surface area contributed by atoms with Gasteiger partial charge in [0, 0.05) is 5.54 Å². The highest BCUT2D eigenvalue weighted by Gasteiger charge is 2.13. The zero-order chi connectivity index (χ0) is 9.19. The summed E-state index contributed by atoms with van der Waals surface area (Å²) in [5.74, 6) is 0.330. The van der Waals surface area contributed by atoms with Crippen LogP contribution >= 0.6 is 0 Å². The Morgan fingerprint density at radius 3 is 2.42 bits per heavy atom. The molecule has 1 aromatic rings. The minimum absolute atomic E-state index is 0.265. The standard InChI is InChI=1S/C10H15NO/c1-10(2,11)7-8-5-3-4-6-9(8)12/h3-6,12H,7,11H2,1-2H3. The molecule has 1 rings (SSSR count). The normalized spacial score (nSPS) is 11.6. The maximum absolute atomic E-state index is 9.42. The number of rotatable bonds is 2. The Morgan fingerprint density at radius 2 is 1.92 bits per heavy atom. The molecule has 12 heavy (non-hydrogen) atoms. The number of para-hydroxylation sites is 1. The lowest BCUT2D eigenvalue weighted by molar-refractivity contribution is 0.450. The quantitative estimate of drug-likeness (QED) is 0.700. The molecule has 0 bridgehead atoms. The molecule has 66 valence electrons. The van der Waals surface area contributed by atoms with Gasteiger partial charge in [0.1, 0.15) is 5.75 Å². The molecule has 0 saturated carbocycles. The topological polar surface area (TPSA) is 46.2 Å². The van der Waals surface area contributed by atoms with E-state index in [1.807, 2.05) is 32.0 Å². The average Bonchev–Trinajstić information content (AvgIpc) is 1.91. The van der Waals surface area contributed by atoms with Gasteiger partial charge in [0.25, 0.3) is 0 Å². The van der Waals surface area contributed by atoms with Crippen molar-refractivity contribution in [1.82, 2.24) is 0 Å². The Kier molecular flexibility index (Phi) is 2.38. The van der Waals surface area contributed by atoms with E-state index in [0.717, 1.165) is 5.56 Å². The lowest BCUT2D eigenvalue weighted by atomic mass is 9.96. The Hall–Kier alpha value is -1.02. The second-order valence-corrected chi connectivity index (χ2v) is 3.79.